The molecule has 0 radical (unpaired) electrons. The maximum absolute atomic E-state index is 2.48. The van der Waals surface area contributed by atoms with E-state index in [1.54, 1.807) is 0 Å². The molecule has 0 N–H and O–H groups in total. The van der Waals surface area contributed by atoms with Crippen molar-refractivity contribution in [2.45, 2.75) is 53.1 Å². The summed E-state index contributed by atoms with van der Waals surface area (Å²) in [6, 6.07) is 0.657. The van der Waals surface area contributed by atoms with Crippen molar-refractivity contribution < 1.29 is 0 Å². The van der Waals surface area contributed by atoms with Crippen LogP contribution >= 0.6 is 0 Å². The predicted octanol–water partition coefficient (Wildman–Crippen LogP) is 1.33. The molecule has 0 aromatic rings. The average Bonchev–Trinajstić information content (AvgIpc) is 1.60. The van der Waals surface area contributed by atoms with E-state index in [4.69, 9.17) is 0 Å². The van der Waals surface area contributed by atoms with Crippen molar-refractivity contribution in [3.8, 4) is 0 Å². The third-order valence-electron chi connectivity index (χ3n) is 1.83. The molecule has 0 aromatic carbocycles. The van der Waals surface area contributed by atoms with Gasteiger partial charge in [-0.3, -0.25) is 4.90 Å². The summed E-state index contributed by atoms with van der Waals surface area (Å²) in [5, 5.41) is 0. The summed E-state index contributed by atoms with van der Waals surface area (Å²) in [7, 11) is 0. The normalized spacial score (nSPS) is 12.0. The standard InChI is InChI=1S/C9H21N.BH3/c1-7-10(8(2)3)9(4,5)6;/h8H,7H2,1-6H3;1H3. The van der Waals surface area contributed by atoms with Gasteiger partial charge >= 0.3 is 0 Å². The Morgan fingerprint density at radius 2 is 1.55 bits per heavy atom. The van der Waals surface area contributed by atoms with E-state index in [1.807, 2.05) is 0 Å². The highest BCUT2D eigenvalue weighted by Gasteiger charge is 2.21. The summed E-state index contributed by atoms with van der Waals surface area (Å²) in [6.07, 6.45) is 0. The first-order valence-electron chi connectivity index (χ1n) is 4.16. The van der Waals surface area contributed by atoms with E-state index >= 15 is 0 Å². The molecule has 0 aliphatic heterocycles. The van der Waals surface area contributed by atoms with Crippen molar-refractivity contribution in [1.82, 2.24) is 4.90 Å². The number of nitrogens with zero attached hydrogens (tertiary/aromatic N) is 1. The average molecular weight is 157 g/mol. The van der Waals surface area contributed by atoms with Gasteiger partial charge in [0.05, 0.1) is 8.41 Å². The zero-order chi connectivity index (χ0) is 8.36. The summed E-state index contributed by atoms with van der Waals surface area (Å²) in [5.74, 6) is 0. The van der Waals surface area contributed by atoms with Crippen LogP contribution in [0, 0.1) is 0 Å². The molecule has 1 nitrogen and oxygen atoms in total. The zero-order valence-corrected chi connectivity index (χ0v) is 8.23. The maximum atomic E-state index is 2.48. The maximum Gasteiger partial charge on any atom is 0.0814 e. The predicted molar refractivity (Wildman–Crippen MR) is 57.2 cm³/mol. The van der Waals surface area contributed by atoms with Gasteiger partial charge in [0.1, 0.15) is 0 Å². The van der Waals surface area contributed by atoms with Gasteiger partial charge in [-0.15, -0.1) is 0 Å². The van der Waals surface area contributed by atoms with Gasteiger partial charge in [0.15, 0.2) is 0 Å². The van der Waals surface area contributed by atoms with Gasteiger partial charge in [0.2, 0.25) is 0 Å². The van der Waals surface area contributed by atoms with Crippen LogP contribution in [-0.2, 0) is 0 Å². The van der Waals surface area contributed by atoms with Crippen molar-refractivity contribution in [3.05, 3.63) is 0 Å². The first kappa shape index (κ1) is 13.6. The zero-order valence-electron chi connectivity index (χ0n) is 8.23. The molecule has 0 rings (SSSR count). The Labute approximate surface area is 73.7 Å². The minimum absolute atomic E-state index is 0. The van der Waals surface area contributed by atoms with E-state index in [-0.39, 0.29) is 8.41 Å². The van der Waals surface area contributed by atoms with Crippen molar-refractivity contribution in [3.63, 3.8) is 0 Å². The molecular formula is C9H24BN. The summed E-state index contributed by atoms with van der Waals surface area (Å²) >= 11 is 0. The number of hydrogen-bond acceptors (Lipinski definition) is 1. The molecule has 0 heterocycles. The molecule has 0 saturated heterocycles. The van der Waals surface area contributed by atoms with Gasteiger partial charge in [-0.25, -0.2) is 0 Å². The monoisotopic (exact) mass is 157 g/mol. The van der Waals surface area contributed by atoms with E-state index < -0.39 is 0 Å². The van der Waals surface area contributed by atoms with E-state index in [9.17, 15) is 0 Å². The molecule has 0 bridgehead atoms. The molecule has 2 heteroatoms. The third-order valence-corrected chi connectivity index (χ3v) is 1.83. The van der Waals surface area contributed by atoms with Crippen molar-refractivity contribution in [2.75, 3.05) is 6.54 Å². The fourth-order valence-corrected chi connectivity index (χ4v) is 1.61. The first-order valence-corrected chi connectivity index (χ1v) is 4.16. The minimum Gasteiger partial charge on any atom is -0.296 e. The molecule has 0 fully saturated rings. The molecule has 0 aliphatic rings. The molecule has 0 atom stereocenters. The third kappa shape index (κ3) is 4.46. The molecular weight excluding hydrogens is 133 g/mol. The number of hydrogen-bond donors (Lipinski definition) is 0. The molecule has 0 aromatic heterocycles. The highest BCUT2D eigenvalue weighted by molar-refractivity contribution is 5.75. The Balaban J connectivity index is 0. The highest BCUT2D eigenvalue weighted by atomic mass is 15.2. The van der Waals surface area contributed by atoms with Crippen LogP contribution in [0.3, 0.4) is 0 Å². The van der Waals surface area contributed by atoms with Gasteiger partial charge < -0.3 is 0 Å². The largest absolute Gasteiger partial charge is 0.296 e. The molecule has 0 saturated carbocycles. The Morgan fingerprint density at radius 1 is 1.18 bits per heavy atom. The molecule has 68 valence electrons. The van der Waals surface area contributed by atoms with Crippen LogP contribution in [0.15, 0.2) is 0 Å². The minimum atomic E-state index is 0. The summed E-state index contributed by atoms with van der Waals surface area (Å²) in [6.45, 7) is 14.6. The Morgan fingerprint density at radius 3 is 1.55 bits per heavy atom. The van der Waals surface area contributed by atoms with E-state index in [2.05, 4.69) is 46.4 Å². The van der Waals surface area contributed by atoms with Crippen LogP contribution in [-0.4, -0.2) is 31.4 Å². The van der Waals surface area contributed by atoms with Crippen LogP contribution in [0.5, 0.6) is 0 Å². The molecule has 0 aliphatic carbocycles. The smallest absolute Gasteiger partial charge is 0.0814 e. The fraction of sp³-hybridized carbons (Fsp3) is 1.00. The summed E-state index contributed by atoms with van der Waals surface area (Å²) in [5.41, 5.74) is 0.322. The van der Waals surface area contributed by atoms with Crippen LogP contribution in [0.4, 0.5) is 0 Å². The van der Waals surface area contributed by atoms with Gasteiger partial charge in [0.25, 0.3) is 0 Å². The molecule has 0 spiro atoms. The summed E-state index contributed by atoms with van der Waals surface area (Å²) in [4.78, 5) is 2.48. The van der Waals surface area contributed by atoms with Crippen molar-refractivity contribution in [1.29, 1.82) is 0 Å². The highest BCUT2D eigenvalue weighted by Crippen LogP contribution is 2.15. The van der Waals surface area contributed by atoms with E-state index in [0.717, 1.165) is 6.54 Å². The van der Waals surface area contributed by atoms with Gasteiger partial charge in [0, 0.05) is 11.6 Å². The second-order valence-corrected chi connectivity index (χ2v) is 4.05. The van der Waals surface area contributed by atoms with Gasteiger partial charge in [-0.2, -0.15) is 0 Å². The van der Waals surface area contributed by atoms with E-state index in [1.165, 1.54) is 0 Å². The molecule has 11 heavy (non-hydrogen) atoms. The SMILES string of the molecule is B.CCN(C(C)C)C(C)(C)C. The molecule has 0 unspecified atom stereocenters. The molecule has 0 amide bonds. The lowest BCUT2D eigenvalue weighted by molar-refractivity contribution is 0.107. The Hall–Kier alpha value is 0.0249. The Bertz CT molecular complexity index is 94.2. The lowest BCUT2D eigenvalue weighted by Gasteiger charge is -2.38. The summed E-state index contributed by atoms with van der Waals surface area (Å²) < 4.78 is 0. The first-order chi connectivity index (χ1) is 4.39. The second-order valence-electron chi connectivity index (χ2n) is 4.05. The van der Waals surface area contributed by atoms with Crippen LogP contribution in [0.1, 0.15) is 41.5 Å². The Kier molecular flexibility index (Phi) is 5.95. The van der Waals surface area contributed by atoms with Crippen LogP contribution < -0.4 is 0 Å². The second kappa shape index (κ2) is 4.81. The topological polar surface area (TPSA) is 3.24 Å². The van der Waals surface area contributed by atoms with Crippen LogP contribution in [0.25, 0.3) is 0 Å². The van der Waals surface area contributed by atoms with Crippen molar-refractivity contribution in [2.24, 2.45) is 0 Å². The van der Waals surface area contributed by atoms with Gasteiger partial charge in [-0.05, 0) is 41.2 Å². The number of rotatable bonds is 2. The van der Waals surface area contributed by atoms with E-state index in [0.29, 0.717) is 11.6 Å². The van der Waals surface area contributed by atoms with Crippen LogP contribution in [0.2, 0.25) is 0 Å². The lowest BCUT2D eigenvalue weighted by atomic mass is 10.0. The fourth-order valence-electron chi connectivity index (χ4n) is 1.61. The van der Waals surface area contributed by atoms with Crippen molar-refractivity contribution >= 4 is 8.41 Å². The quantitative estimate of drug-likeness (QED) is 0.546. The lowest BCUT2D eigenvalue weighted by Crippen LogP contribution is -2.45. The van der Waals surface area contributed by atoms with Gasteiger partial charge in [-0.1, -0.05) is 6.92 Å².